The van der Waals surface area contributed by atoms with Crippen LogP contribution in [0.3, 0.4) is 0 Å². The van der Waals surface area contributed by atoms with Gasteiger partial charge in [0.1, 0.15) is 4.99 Å². The van der Waals surface area contributed by atoms with Crippen LogP contribution in [0.25, 0.3) is 0 Å². The van der Waals surface area contributed by atoms with Gasteiger partial charge >= 0.3 is 0 Å². The van der Waals surface area contributed by atoms with Crippen LogP contribution in [0.1, 0.15) is 22.3 Å². The molecule has 5 heteroatoms. The van der Waals surface area contributed by atoms with E-state index < -0.39 is 0 Å². The fourth-order valence-corrected chi connectivity index (χ4v) is 1.89. The van der Waals surface area contributed by atoms with Gasteiger partial charge in [-0.15, -0.1) is 0 Å². The van der Waals surface area contributed by atoms with Gasteiger partial charge in [-0.2, -0.15) is 11.8 Å². The highest BCUT2D eigenvalue weighted by Gasteiger charge is 2.06. The lowest BCUT2D eigenvalue weighted by Crippen LogP contribution is -2.25. The van der Waals surface area contributed by atoms with Gasteiger partial charge in [-0.1, -0.05) is 24.4 Å². The number of amides is 1. The summed E-state index contributed by atoms with van der Waals surface area (Å²) in [5.41, 5.74) is 6.84. The van der Waals surface area contributed by atoms with E-state index in [0.717, 1.165) is 17.7 Å². The summed E-state index contributed by atoms with van der Waals surface area (Å²) in [6, 6.07) is 7.05. The first-order valence-corrected chi connectivity index (χ1v) is 7.12. The molecule has 0 atom stereocenters. The summed E-state index contributed by atoms with van der Waals surface area (Å²) >= 11 is 6.64. The van der Waals surface area contributed by atoms with Crippen molar-refractivity contribution in [2.24, 2.45) is 5.73 Å². The number of hydrogen-bond acceptors (Lipinski definition) is 3. The van der Waals surface area contributed by atoms with Gasteiger partial charge in [-0.05, 0) is 30.6 Å². The van der Waals surface area contributed by atoms with Crippen molar-refractivity contribution in [3.63, 3.8) is 0 Å². The Morgan fingerprint density at radius 1 is 1.47 bits per heavy atom. The lowest BCUT2D eigenvalue weighted by Gasteiger charge is -2.06. The molecule has 0 aliphatic rings. The Kier molecular flexibility index (Phi) is 6.00. The Bertz CT molecular complexity index is 407. The highest BCUT2D eigenvalue weighted by Crippen LogP contribution is 2.05. The van der Waals surface area contributed by atoms with Crippen molar-refractivity contribution in [1.82, 2.24) is 5.32 Å². The summed E-state index contributed by atoms with van der Waals surface area (Å²) in [5.74, 6) is 0.969. The van der Waals surface area contributed by atoms with Gasteiger partial charge in [-0.3, -0.25) is 4.79 Å². The Morgan fingerprint density at radius 2 is 2.18 bits per heavy atom. The number of benzene rings is 1. The molecule has 3 N–H and O–H groups in total. The summed E-state index contributed by atoms with van der Waals surface area (Å²) in [7, 11) is 0. The molecule has 0 heterocycles. The van der Waals surface area contributed by atoms with E-state index in [-0.39, 0.29) is 5.91 Å². The number of nitrogens with one attached hydrogen (secondary N) is 1. The van der Waals surface area contributed by atoms with Gasteiger partial charge in [-0.25, -0.2) is 0 Å². The molecule has 0 unspecified atom stereocenters. The molecule has 17 heavy (non-hydrogen) atoms. The molecular weight excluding hydrogens is 252 g/mol. The number of hydrogen-bond donors (Lipinski definition) is 2. The molecule has 1 amide bonds. The summed E-state index contributed by atoms with van der Waals surface area (Å²) < 4.78 is 0. The van der Waals surface area contributed by atoms with Crippen LogP contribution in [0, 0.1) is 0 Å². The monoisotopic (exact) mass is 268 g/mol. The molecular formula is C12H16N2OS2. The minimum Gasteiger partial charge on any atom is -0.389 e. The predicted molar refractivity (Wildman–Crippen MR) is 77.7 cm³/mol. The molecule has 0 saturated heterocycles. The first-order valence-electron chi connectivity index (χ1n) is 5.32. The highest BCUT2D eigenvalue weighted by atomic mass is 32.2. The second-order valence-corrected chi connectivity index (χ2v) is 4.97. The Morgan fingerprint density at radius 3 is 2.82 bits per heavy atom. The van der Waals surface area contributed by atoms with E-state index in [1.54, 1.807) is 36.0 Å². The quantitative estimate of drug-likeness (QED) is 0.610. The second-order valence-electron chi connectivity index (χ2n) is 3.55. The summed E-state index contributed by atoms with van der Waals surface area (Å²) in [5, 5.41) is 2.86. The van der Waals surface area contributed by atoms with Crippen LogP contribution in [0.4, 0.5) is 0 Å². The summed E-state index contributed by atoms with van der Waals surface area (Å²) in [6.07, 6.45) is 3.02. The minimum atomic E-state index is -0.0794. The van der Waals surface area contributed by atoms with E-state index in [2.05, 4.69) is 5.32 Å². The van der Waals surface area contributed by atoms with Crippen LogP contribution in [0.2, 0.25) is 0 Å². The molecule has 0 aliphatic heterocycles. The minimum absolute atomic E-state index is 0.0794. The lowest BCUT2D eigenvalue weighted by molar-refractivity contribution is 0.0954. The van der Waals surface area contributed by atoms with Crippen molar-refractivity contribution in [2.75, 3.05) is 18.6 Å². The fourth-order valence-electron chi connectivity index (χ4n) is 1.33. The lowest BCUT2D eigenvalue weighted by atomic mass is 10.1. The molecule has 92 valence electrons. The average Bonchev–Trinajstić information content (AvgIpc) is 2.34. The number of carbonyl (C=O) groups excluding carboxylic acids is 1. The Hall–Kier alpha value is -1.07. The molecule has 1 aromatic carbocycles. The van der Waals surface area contributed by atoms with Crippen molar-refractivity contribution in [2.45, 2.75) is 6.42 Å². The van der Waals surface area contributed by atoms with Gasteiger partial charge in [0, 0.05) is 17.7 Å². The van der Waals surface area contributed by atoms with Crippen molar-refractivity contribution in [3.05, 3.63) is 35.4 Å². The van der Waals surface area contributed by atoms with Crippen molar-refractivity contribution in [1.29, 1.82) is 0 Å². The normalized spacial score (nSPS) is 9.94. The third kappa shape index (κ3) is 4.75. The van der Waals surface area contributed by atoms with Crippen molar-refractivity contribution >= 4 is 34.9 Å². The van der Waals surface area contributed by atoms with Crippen LogP contribution in [-0.2, 0) is 0 Å². The smallest absolute Gasteiger partial charge is 0.251 e. The predicted octanol–water partition coefficient (Wildman–Crippen LogP) is 1.80. The van der Waals surface area contributed by atoms with E-state index in [1.165, 1.54) is 0 Å². The van der Waals surface area contributed by atoms with E-state index in [0.29, 0.717) is 17.1 Å². The maximum absolute atomic E-state index is 11.8. The molecule has 0 spiro atoms. The molecule has 0 bridgehead atoms. The fraction of sp³-hybridized carbons (Fsp3) is 0.333. The van der Waals surface area contributed by atoms with Crippen LogP contribution in [0.15, 0.2) is 24.3 Å². The van der Waals surface area contributed by atoms with Crippen molar-refractivity contribution in [3.8, 4) is 0 Å². The zero-order valence-electron chi connectivity index (χ0n) is 9.73. The van der Waals surface area contributed by atoms with E-state index in [9.17, 15) is 4.79 Å². The average molecular weight is 268 g/mol. The van der Waals surface area contributed by atoms with Gasteiger partial charge < -0.3 is 11.1 Å². The van der Waals surface area contributed by atoms with E-state index >= 15 is 0 Å². The number of rotatable bonds is 6. The number of thiocarbonyl (C=S) groups is 1. The van der Waals surface area contributed by atoms with Crippen molar-refractivity contribution < 1.29 is 4.79 Å². The standard InChI is InChI=1S/C12H16N2OS2/c1-17-7-3-6-14-12(15)10-5-2-4-9(8-10)11(13)16/h2,4-5,8H,3,6-7H2,1H3,(H2,13,16)(H,14,15). The molecule has 1 rings (SSSR count). The highest BCUT2D eigenvalue weighted by molar-refractivity contribution is 7.98. The zero-order valence-corrected chi connectivity index (χ0v) is 11.4. The number of nitrogens with two attached hydrogens (primary N) is 1. The summed E-state index contributed by atoms with van der Waals surface area (Å²) in [4.78, 5) is 12.1. The molecule has 0 fully saturated rings. The number of thioether (sulfide) groups is 1. The molecule has 3 nitrogen and oxygen atoms in total. The maximum Gasteiger partial charge on any atom is 0.251 e. The molecule has 0 radical (unpaired) electrons. The van der Waals surface area contributed by atoms with E-state index in [1.807, 2.05) is 6.26 Å². The largest absolute Gasteiger partial charge is 0.389 e. The van der Waals surface area contributed by atoms with E-state index in [4.69, 9.17) is 18.0 Å². The summed E-state index contributed by atoms with van der Waals surface area (Å²) in [6.45, 7) is 0.691. The molecule has 0 saturated carbocycles. The molecule has 0 aromatic heterocycles. The first kappa shape index (κ1) is 14.0. The van der Waals surface area contributed by atoms with Crippen LogP contribution < -0.4 is 11.1 Å². The molecule has 1 aromatic rings. The van der Waals surface area contributed by atoms with Crippen LogP contribution in [-0.4, -0.2) is 29.4 Å². The Labute approximate surface area is 111 Å². The SMILES string of the molecule is CSCCCNC(=O)c1cccc(C(N)=S)c1. The third-order valence-corrected chi connectivity index (χ3v) is 3.15. The van der Waals surface area contributed by atoms with Gasteiger partial charge in [0.2, 0.25) is 0 Å². The topological polar surface area (TPSA) is 55.1 Å². The first-order chi connectivity index (χ1) is 8.15. The maximum atomic E-state index is 11.8. The Balaban J connectivity index is 2.56. The van der Waals surface area contributed by atoms with Gasteiger partial charge in [0.05, 0.1) is 0 Å². The van der Waals surface area contributed by atoms with Gasteiger partial charge in [0.15, 0.2) is 0 Å². The van der Waals surface area contributed by atoms with Crippen LogP contribution in [0.5, 0.6) is 0 Å². The third-order valence-electron chi connectivity index (χ3n) is 2.22. The van der Waals surface area contributed by atoms with Gasteiger partial charge in [0.25, 0.3) is 5.91 Å². The number of carbonyl (C=O) groups is 1. The molecule has 0 aliphatic carbocycles. The van der Waals surface area contributed by atoms with Crippen LogP contribution >= 0.6 is 24.0 Å². The second kappa shape index (κ2) is 7.29. The zero-order chi connectivity index (χ0) is 12.7.